The predicted molar refractivity (Wildman–Crippen MR) is 98.7 cm³/mol. The number of fused-ring (bicyclic) bond motifs is 1. The fraction of sp³-hybridized carbons (Fsp3) is 0.368. The molecule has 0 radical (unpaired) electrons. The molecule has 0 fully saturated rings. The summed E-state index contributed by atoms with van der Waals surface area (Å²) in [6.07, 6.45) is 2.18. The number of nitrogens with one attached hydrogen (secondary N) is 2. The van der Waals surface area contributed by atoms with Crippen molar-refractivity contribution in [2.75, 3.05) is 0 Å². The Morgan fingerprint density at radius 3 is 2.85 bits per heavy atom. The number of urea groups is 1. The summed E-state index contributed by atoms with van der Waals surface area (Å²) >= 11 is 0. The number of imidazole rings is 1. The molecular weight excluding hydrogens is 344 g/mol. The zero-order chi connectivity index (χ0) is 19.0. The maximum absolute atomic E-state index is 12.7. The Kier molecular flexibility index (Phi) is 4.39. The molecule has 2 N–H and O–H groups in total. The number of hydrogen-bond donors (Lipinski definition) is 2. The van der Waals surface area contributed by atoms with Gasteiger partial charge in [0.15, 0.2) is 0 Å². The third-order valence-corrected chi connectivity index (χ3v) is 4.61. The van der Waals surface area contributed by atoms with Crippen molar-refractivity contribution >= 4 is 6.03 Å². The Labute approximate surface area is 157 Å². The Balaban J connectivity index is 1.65. The number of carbonyl (C=O) groups excluding carboxylic acids is 1. The summed E-state index contributed by atoms with van der Waals surface area (Å²) in [5, 5.41) is 7.06. The van der Waals surface area contributed by atoms with Gasteiger partial charge in [0.2, 0.25) is 11.7 Å². The molecule has 0 unspecified atom stereocenters. The second-order valence-corrected chi connectivity index (χ2v) is 7.10. The monoisotopic (exact) mass is 366 g/mol. The van der Waals surface area contributed by atoms with Crippen molar-refractivity contribution in [1.29, 1.82) is 0 Å². The van der Waals surface area contributed by atoms with Crippen LogP contribution in [-0.2, 0) is 13.0 Å². The molecule has 27 heavy (non-hydrogen) atoms. The van der Waals surface area contributed by atoms with Crippen molar-refractivity contribution in [3.05, 3.63) is 53.4 Å². The Morgan fingerprint density at radius 2 is 2.11 bits per heavy atom. The minimum Gasteiger partial charge on any atom is -0.347 e. The maximum Gasteiger partial charge on any atom is 0.318 e. The maximum atomic E-state index is 12.7. The summed E-state index contributed by atoms with van der Waals surface area (Å²) in [6.45, 7) is 6.31. The number of aromatic amines is 1. The molecule has 3 aromatic rings. The van der Waals surface area contributed by atoms with Crippen LogP contribution in [0.2, 0.25) is 0 Å². The highest BCUT2D eigenvalue weighted by Gasteiger charge is 2.36. The zero-order valence-corrected chi connectivity index (χ0v) is 15.6. The molecule has 0 spiro atoms. The SMILES string of the molecule is Cc1ccc(-c2noc([C@@H]3Cc4nc[nH]c4CN3C(=O)NC(C)C)n2)cc1. The zero-order valence-electron chi connectivity index (χ0n) is 15.6. The number of H-pyrrole nitrogens is 1. The van der Waals surface area contributed by atoms with Crippen molar-refractivity contribution in [1.82, 2.24) is 30.3 Å². The minimum absolute atomic E-state index is 0.0344. The van der Waals surface area contributed by atoms with Crippen LogP contribution in [0.25, 0.3) is 11.4 Å². The van der Waals surface area contributed by atoms with Crippen molar-refractivity contribution in [3.63, 3.8) is 0 Å². The second-order valence-electron chi connectivity index (χ2n) is 7.10. The number of nitrogens with zero attached hydrogens (tertiary/aromatic N) is 4. The first-order chi connectivity index (χ1) is 13.0. The van der Waals surface area contributed by atoms with Gasteiger partial charge in [-0.25, -0.2) is 9.78 Å². The van der Waals surface area contributed by atoms with Crippen LogP contribution in [0.5, 0.6) is 0 Å². The molecule has 3 heterocycles. The van der Waals surface area contributed by atoms with Crippen LogP contribution in [0.1, 0.15) is 42.7 Å². The fourth-order valence-corrected chi connectivity index (χ4v) is 3.19. The van der Waals surface area contributed by atoms with Crippen molar-refractivity contribution < 1.29 is 9.32 Å². The van der Waals surface area contributed by atoms with Crippen LogP contribution in [0.3, 0.4) is 0 Å². The Morgan fingerprint density at radius 1 is 1.33 bits per heavy atom. The van der Waals surface area contributed by atoms with Gasteiger partial charge in [0.25, 0.3) is 0 Å². The lowest BCUT2D eigenvalue weighted by Gasteiger charge is -2.33. The van der Waals surface area contributed by atoms with Crippen molar-refractivity contribution in [2.24, 2.45) is 0 Å². The molecule has 0 saturated heterocycles. The number of amides is 2. The highest BCUT2D eigenvalue weighted by molar-refractivity contribution is 5.75. The van der Waals surface area contributed by atoms with Crippen molar-refractivity contribution in [2.45, 2.75) is 45.8 Å². The molecule has 0 aliphatic carbocycles. The second kappa shape index (κ2) is 6.86. The average Bonchev–Trinajstić information content (AvgIpc) is 3.29. The standard InChI is InChI=1S/C19H22N6O2/c1-11(2)22-19(26)25-9-15-14(20-10-21-15)8-16(25)18-23-17(24-27-18)13-6-4-12(3)5-7-13/h4-7,10-11,16H,8-9H2,1-3H3,(H,20,21)(H,22,26)/t16-/m0/s1. The number of rotatable bonds is 3. The van der Waals surface area contributed by atoms with E-state index in [-0.39, 0.29) is 18.1 Å². The van der Waals surface area contributed by atoms with Crippen LogP contribution in [0, 0.1) is 6.92 Å². The molecule has 8 heteroatoms. The molecule has 2 amide bonds. The third-order valence-electron chi connectivity index (χ3n) is 4.61. The van der Waals surface area contributed by atoms with Gasteiger partial charge in [0, 0.05) is 18.0 Å². The van der Waals surface area contributed by atoms with Gasteiger partial charge in [-0.3, -0.25) is 0 Å². The van der Waals surface area contributed by atoms with Gasteiger partial charge in [-0.2, -0.15) is 4.98 Å². The van der Waals surface area contributed by atoms with E-state index in [0.717, 1.165) is 22.5 Å². The average molecular weight is 366 g/mol. The summed E-state index contributed by atoms with van der Waals surface area (Å²) in [6, 6.07) is 7.44. The summed E-state index contributed by atoms with van der Waals surface area (Å²) in [5.74, 6) is 0.931. The van der Waals surface area contributed by atoms with E-state index in [1.165, 1.54) is 0 Å². The first-order valence-corrected chi connectivity index (χ1v) is 9.00. The first-order valence-electron chi connectivity index (χ1n) is 9.00. The summed E-state index contributed by atoms with van der Waals surface area (Å²) in [5.41, 5.74) is 3.90. The van der Waals surface area contributed by atoms with E-state index < -0.39 is 0 Å². The summed E-state index contributed by atoms with van der Waals surface area (Å²) in [7, 11) is 0. The number of aryl methyl sites for hydroxylation is 1. The van der Waals surface area contributed by atoms with E-state index in [2.05, 4.69) is 25.4 Å². The molecular formula is C19H22N6O2. The minimum atomic E-state index is -0.355. The number of benzene rings is 1. The molecule has 1 aliphatic rings. The van der Waals surface area contributed by atoms with Gasteiger partial charge < -0.3 is 19.7 Å². The van der Waals surface area contributed by atoms with Crippen LogP contribution in [0.4, 0.5) is 4.79 Å². The number of aromatic nitrogens is 4. The van der Waals surface area contributed by atoms with E-state index in [0.29, 0.717) is 24.7 Å². The lowest BCUT2D eigenvalue weighted by molar-refractivity contribution is 0.142. The Bertz CT molecular complexity index is 943. The van der Waals surface area contributed by atoms with Gasteiger partial charge >= 0.3 is 6.03 Å². The van der Waals surface area contributed by atoms with Crippen LogP contribution < -0.4 is 5.32 Å². The molecule has 1 atom stereocenters. The van der Waals surface area contributed by atoms with Gasteiger partial charge in [0.1, 0.15) is 6.04 Å². The number of carbonyl (C=O) groups is 1. The lowest BCUT2D eigenvalue weighted by atomic mass is 10.0. The van der Waals surface area contributed by atoms with E-state index in [9.17, 15) is 4.79 Å². The van der Waals surface area contributed by atoms with Gasteiger partial charge in [-0.15, -0.1) is 0 Å². The largest absolute Gasteiger partial charge is 0.347 e. The van der Waals surface area contributed by atoms with Gasteiger partial charge in [0.05, 0.1) is 24.3 Å². The molecule has 2 aromatic heterocycles. The fourth-order valence-electron chi connectivity index (χ4n) is 3.19. The van der Waals surface area contributed by atoms with Crippen LogP contribution in [0.15, 0.2) is 35.1 Å². The van der Waals surface area contributed by atoms with E-state index in [4.69, 9.17) is 4.52 Å². The molecule has 0 saturated carbocycles. The normalized spacial score (nSPS) is 16.4. The topological polar surface area (TPSA) is 99.9 Å². The quantitative estimate of drug-likeness (QED) is 0.742. The van der Waals surface area contributed by atoms with Crippen LogP contribution in [-0.4, -0.2) is 37.1 Å². The highest BCUT2D eigenvalue weighted by Crippen LogP contribution is 2.32. The summed E-state index contributed by atoms with van der Waals surface area (Å²) < 4.78 is 5.55. The molecule has 1 aromatic carbocycles. The Hall–Kier alpha value is -3.16. The van der Waals surface area contributed by atoms with E-state index >= 15 is 0 Å². The molecule has 1 aliphatic heterocycles. The van der Waals surface area contributed by atoms with Crippen LogP contribution >= 0.6 is 0 Å². The van der Waals surface area contributed by atoms with E-state index in [1.807, 2.05) is 45.0 Å². The van der Waals surface area contributed by atoms with E-state index in [1.54, 1.807) is 11.2 Å². The predicted octanol–water partition coefficient (Wildman–Crippen LogP) is 2.99. The number of hydrogen-bond acceptors (Lipinski definition) is 5. The molecule has 4 rings (SSSR count). The van der Waals surface area contributed by atoms with Gasteiger partial charge in [-0.05, 0) is 20.8 Å². The summed E-state index contributed by atoms with van der Waals surface area (Å²) in [4.78, 5) is 26.5. The first kappa shape index (κ1) is 17.3. The van der Waals surface area contributed by atoms with Crippen molar-refractivity contribution in [3.8, 4) is 11.4 Å². The smallest absolute Gasteiger partial charge is 0.318 e. The molecule has 0 bridgehead atoms. The highest BCUT2D eigenvalue weighted by atomic mass is 16.5. The molecule has 8 nitrogen and oxygen atoms in total. The van der Waals surface area contributed by atoms with Gasteiger partial charge in [-0.1, -0.05) is 35.0 Å². The molecule has 140 valence electrons. The third kappa shape index (κ3) is 3.42. The lowest BCUT2D eigenvalue weighted by Crippen LogP contribution is -2.46.